The molecule has 21 heavy (non-hydrogen) atoms. The van der Waals surface area contributed by atoms with Crippen molar-refractivity contribution in [3.05, 3.63) is 29.3 Å². The van der Waals surface area contributed by atoms with Crippen molar-refractivity contribution in [3.63, 3.8) is 0 Å². The van der Waals surface area contributed by atoms with E-state index >= 15 is 0 Å². The molecule has 118 valence electrons. The molecule has 1 saturated carbocycles. The molecule has 0 saturated heterocycles. The summed E-state index contributed by atoms with van der Waals surface area (Å²) in [5.41, 5.74) is 8.62. The number of ether oxygens (including phenoxy) is 2. The molecule has 0 aromatic heterocycles. The second-order valence-corrected chi connectivity index (χ2v) is 7.14. The van der Waals surface area contributed by atoms with Crippen molar-refractivity contribution >= 4 is 0 Å². The lowest BCUT2D eigenvalue weighted by atomic mass is 9.84. The van der Waals surface area contributed by atoms with E-state index in [1.54, 1.807) is 0 Å². The molecule has 1 aromatic rings. The topological polar surface area (TPSA) is 44.5 Å². The molecule has 1 fully saturated rings. The lowest BCUT2D eigenvalue weighted by molar-refractivity contribution is -0.0984. The van der Waals surface area contributed by atoms with E-state index in [1.807, 2.05) is 0 Å². The lowest BCUT2D eigenvalue weighted by Gasteiger charge is -2.42. The van der Waals surface area contributed by atoms with E-state index in [9.17, 15) is 0 Å². The smallest absolute Gasteiger partial charge is 0.128 e. The van der Waals surface area contributed by atoms with Crippen LogP contribution in [0.25, 0.3) is 0 Å². The molecule has 3 heteroatoms. The van der Waals surface area contributed by atoms with Gasteiger partial charge in [-0.2, -0.15) is 0 Å². The van der Waals surface area contributed by atoms with Crippen LogP contribution in [0, 0.1) is 6.92 Å². The predicted molar refractivity (Wildman–Crippen MR) is 86.9 cm³/mol. The molecule has 0 aliphatic heterocycles. The molecule has 1 aliphatic carbocycles. The van der Waals surface area contributed by atoms with Gasteiger partial charge in [-0.25, -0.2) is 0 Å². The molecule has 2 N–H and O–H groups in total. The lowest BCUT2D eigenvalue weighted by Crippen LogP contribution is -2.59. The van der Waals surface area contributed by atoms with Crippen LogP contribution < -0.4 is 10.5 Å². The third kappa shape index (κ3) is 3.78. The first-order valence-electron chi connectivity index (χ1n) is 7.98. The van der Waals surface area contributed by atoms with Gasteiger partial charge in [-0.15, -0.1) is 0 Å². The van der Waals surface area contributed by atoms with Crippen LogP contribution in [0.2, 0.25) is 0 Å². The first-order chi connectivity index (χ1) is 9.82. The number of hydrogen-bond acceptors (Lipinski definition) is 3. The molecular formula is C18H29NO2. The summed E-state index contributed by atoms with van der Waals surface area (Å²) >= 11 is 0. The molecule has 0 spiro atoms. The Morgan fingerprint density at radius 1 is 1.29 bits per heavy atom. The van der Waals surface area contributed by atoms with Crippen LogP contribution in [-0.2, 0) is 10.2 Å². The maximum absolute atomic E-state index is 6.24. The van der Waals surface area contributed by atoms with Crippen LogP contribution in [0.3, 0.4) is 0 Å². The summed E-state index contributed by atoms with van der Waals surface area (Å²) in [6.45, 7) is 11.6. The molecule has 3 nitrogen and oxygen atoms in total. The summed E-state index contributed by atoms with van der Waals surface area (Å²) in [5.74, 6) is 0.968. The number of rotatable bonds is 5. The molecule has 1 aromatic carbocycles. The van der Waals surface area contributed by atoms with E-state index in [0.29, 0.717) is 0 Å². The fourth-order valence-electron chi connectivity index (χ4n) is 2.71. The van der Waals surface area contributed by atoms with Gasteiger partial charge in [-0.1, -0.05) is 45.4 Å². The highest BCUT2D eigenvalue weighted by Gasteiger charge is 2.42. The predicted octanol–water partition coefficient (Wildman–Crippen LogP) is 3.57. The average molecular weight is 291 g/mol. The Morgan fingerprint density at radius 3 is 2.57 bits per heavy atom. The average Bonchev–Trinajstić information content (AvgIpc) is 2.39. The van der Waals surface area contributed by atoms with Gasteiger partial charge < -0.3 is 15.2 Å². The van der Waals surface area contributed by atoms with Crippen LogP contribution in [0.15, 0.2) is 18.2 Å². The third-order valence-corrected chi connectivity index (χ3v) is 4.03. The van der Waals surface area contributed by atoms with E-state index in [0.717, 1.165) is 25.2 Å². The molecule has 0 amide bonds. The van der Waals surface area contributed by atoms with E-state index in [-0.39, 0.29) is 23.7 Å². The molecule has 0 heterocycles. The van der Waals surface area contributed by atoms with Crippen LogP contribution in [0.1, 0.15) is 51.7 Å². The Balaban J connectivity index is 2.13. The van der Waals surface area contributed by atoms with Crippen molar-refractivity contribution in [2.75, 3.05) is 6.61 Å². The minimum absolute atomic E-state index is 0.0269. The molecule has 3 atom stereocenters. The number of aryl methyl sites for hydroxylation is 1. The Labute approximate surface area is 128 Å². The summed E-state index contributed by atoms with van der Waals surface area (Å²) in [4.78, 5) is 0. The first kappa shape index (κ1) is 16.3. The van der Waals surface area contributed by atoms with Gasteiger partial charge in [-0.3, -0.25) is 0 Å². The largest absolute Gasteiger partial charge is 0.487 e. The molecule has 2 rings (SSSR count). The highest BCUT2D eigenvalue weighted by atomic mass is 16.5. The normalized spacial score (nSPS) is 25.5. The fourth-order valence-corrected chi connectivity index (χ4v) is 2.71. The maximum Gasteiger partial charge on any atom is 0.128 e. The minimum Gasteiger partial charge on any atom is -0.487 e. The zero-order valence-corrected chi connectivity index (χ0v) is 14.0. The Kier molecular flexibility index (Phi) is 4.95. The van der Waals surface area contributed by atoms with Crippen molar-refractivity contribution in [1.29, 1.82) is 0 Å². The van der Waals surface area contributed by atoms with Crippen molar-refractivity contribution < 1.29 is 9.47 Å². The number of nitrogens with two attached hydrogens (primary N) is 1. The highest BCUT2D eigenvalue weighted by Crippen LogP contribution is 2.35. The first-order valence-corrected chi connectivity index (χ1v) is 7.98. The Bertz CT molecular complexity index is 479. The Hall–Kier alpha value is -1.06. The summed E-state index contributed by atoms with van der Waals surface area (Å²) in [6, 6.07) is 6.50. The van der Waals surface area contributed by atoms with Gasteiger partial charge >= 0.3 is 0 Å². The van der Waals surface area contributed by atoms with E-state index in [4.69, 9.17) is 15.2 Å². The second-order valence-electron chi connectivity index (χ2n) is 7.14. The second kappa shape index (κ2) is 6.37. The van der Waals surface area contributed by atoms with Gasteiger partial charge in [0.05, 0.1) is 0 Å². The molecular weight excluding hydrogens is 262 g/mol. The van der Waals surface area contributed by atoms with Gasteiger partial charge in [0.15, 0.2) is 0 Å². The standard InChI is InChI=1S/C18H29NO2/c1-6-9-20-17-14(19)11-16(17)21-15-8-7-12(2)10-13(15)18(3,4)5/h7-8,10,14,16-17H,6,9,11,19H2,1-5H3. The SMILES string of the molecule is CCCOC1C(N)CC1Oc1ccc(C)cc1C(C)(C)C. The van der Waals surface area contributed by atoms with Crippen molar-refractivity contribution in [1.82, 2.24) is 0 Å². The summed E-state index contributed by atoms with van der Waals surface area (Å²) in [5, 5.41) is 0. The van der Waals surface area contributed by atoms with Gasteiger partial charge in [0.2, 0.25) is 0 Å². The van der Waals surface area contributed by atoms with Gasteiger partial charge in [0.25, 0.3) is 0 Å². The van der Waals surface area contributed by atoms with Gasteiger partial charge in [0.1, 0.15) is 18.0 Å². The van der Waals surface area contributed by atoms with Crippen molar-refractivity contribution in [2.24, 2.45) is 5.73 Å². The summed E-state index contributed by atoms with van der Waals surface area (Å²) in [7, 11) is 0. The van der Waals surface area contributed by atoms with Gasteiger partial charge in [0, 0.05) is 19.1 Å². The van der Waals surface area contributed by atoms with Crippen molar-refractivity contribution in [3.8, 4) is 5.75 Å². The summed E-state index contributed by atoms with van der Waals surface area (Å²) < 4.78 is 12.1. The molecule has 3 unspecified atom stereocenters. The van der Waals surface area contributed by atoms with Crippen molar-refractivity contribution in [2.45, 2.75) is 71.1 Å². The maximum atomic E-state index is 6.24. The van der Waals surface area contributed by atoms with Gasteiger partial charge in [-0.05, 0) is 30.4 Å². The molecule has 0 radical (unpaired) electrons. The fraction of sp³-hybridized carbons (Fsp3) is 0.667. The number of benzene rings is 1. The zero-order chi connectivity index (χ0) is 15.6. The molecule has 1 aliphatic rings. The van der Waals surface area contributed by atoms with E-state index < -0.39 is 0 Å². The van der Waals surface area contributed by atoms with Crippen LogP contribution in [0.5, 0.6) is 5.75 Å². The van der Waals surface area contributed by atoms with E-state index in [1.165, 1.54) is 11.1 Å². The zero-order valence-electron chi connectivity index (χ0n) is 14.0. The summed E-state index contributed by atoms with van der Waals surface area (Å²) in [6.07, 6.45) is 1.98. The third-order valence-electron chi connectivity index (χ3n) is 4.03. The minimum atomic E-state index is 0.0269. The van der Waals surface area contributed by atoms with E-state index in [2.05, 4.69) is 52.8 Å². The highest BCUT2D eigenvalue weighted by molar-refractivity contribution is 5.41. The van der Waals surface area contributed by atoms with Crippen LogP contribution in [0.4, 0.5) is 0 Å². The monoisotopic (exact) mass is 291 g/mol. The van der Waals surface area contributed by atoms with Crippen LogP contribution >= 0.6 is 0 Å². The number of hydrogen-bond donors (Lipinski definition) is 1. The molecule has 0 bridgehead atoms. The van der Waals surface area contributed by atoms with Crippen LogP contribution in [-0.4, -0.2) is 24.9 Å². The quantitative estimate of drug-likeness (QED) is 0.902. The Morgan fingerprint density at radius 2 is 2.00 bits per heavy atom.